The molecule has 0 aromatic carbocycles. The third-order valence-corrected chi connectivity index (χ3v) is 12.7. The molecular formula is C34H60N2O5Si. The SMILES string of the molecule is CCCCCC(C=Cc1nn(CCCCCCOC(C)=O)c(C)c1CC=CCCCC(=O)OC)O[Si](C)(C)C(C)(C)C. The predicted molar refractivity (Wildman–Crippen MR) is 176 cm³/mol. The van der Waals surface area contributed by atoms with Crippen LogP contribution < -0.4 is 0 Å². The van der Waals surface area contributed by atoms with Gasteiger partial charge in [-0.2, -0.15) is 5.10 Å². The number of aryl methyl sites for hydroxylation is 1. The van der Waals surface area contributed by atoms with Gasteiger partial charge in [-0.05, 0) is 76.1 Å². The zero-order valence-corrected chi connectivity index (χ0v) is 29.2. The van der Waals surface area contributed by atoms with Gasteiger partial charge in [0, 0.05) is 31.1 Å². The molecule has 0 bridgehead atoms. The summed E-state index contributed by atoms with van der Waals surface area (Å²) < 4.78 is 18.8. The molecule has 0 amide bonds. The smallest absolute Gasteiger partial charge is 0.305 e. The second-order valence-electron chi connectivity index (χ2n) is 12.8. The van der Waals surface area contributed by atoms with Crippen LogP contribution in [0.2, 0.25) is 18.1 Å². The van der Waals surface area contributed by atoms with Gasteiger partial charge in [-0.25, -0.2) is 0 Å². The van der Waals surface area contributed by atoms with Crippen LogP contribution in [0.1, 0.15) is 122 Å². The van der Waals surface area contributed by atoms with Gasteiger partial charge in [-0.1, -0.05) is 71.6 Å². The first-order valence-electron chi connectivity index (χ1n) is 16.1. The molecule has 0 saturated carbocycles. The maximum atomic E-state index is 11.4. The van der Waals surface area contributed by atoms with Crippen molar-refractivity contribution < 1.29 is 23.5 Å². The first-order valence-corrected chi connectivity index (χ1v) is 19.0. The van der Waals surface area contributed by atoms with E-state index in [1.807, 2.05) is 0 Å². The highest BCUT2D eigenvalue weighted by atomic mass is 28.4. The van der Waals surface area contributed by atoms with Crippen LogP contribution in [-0.2, 0) is 36.5 Å². The number of ether oxygens (including phenoxy) is 2. The third kappa shape index (κ3) is 14.8. The van der Waals surface area contributed by atoms with E-state index < -0.39 is 8.32 Å². The number of methoxy groups -OCH3 is 1. The Labute approximate surface area is 257 Å². The number of nitrogens with zero attached hydrogens (tertiary/aromatic N) is 2. The second kappa shape index (κ2) is 19.9. The van der Waals surface area contributed by atoms with Crippen LogP contribution in [0.5, 0.6) is 0 Å². The lowest BCUT2D eigenvalue weighted by atomic mass is 10.1. The number of hydrogen-bond donors (Lipinski definition) is 0. The molecule has 1 atom stereocenters. The van der Waals surface area contributed by atoms with Gasteiger partial charge in [0.15, 0.2) is 8.32 Å². The lowest BCUT2D eigenvalue weighted by Gasteiger charge is -2.38. The molecule has 0 aliphatic carbocycles. The lowest BCUT2D eigenvalue weighted by Crippen LogP contribution is -2.43. The van der Waals surface area contributed by atoms with Crippen molar-refractivity contribution >= 4 is 26.3 Å². The van der Waals surface area contributed by atoms with E-state index in [0.29, 0.717) is 13.0 Å². The van der Waals surface area contributed by atoms with Crippen molar-refractivity contribution in [2.75, 3.05) is 13.7 Å². The molecule has 1 unspecified atom stereocenters. The first kappa shape index (κ1) is 37.8. The molecule has 1 heterocycles. The number of carbonyl (C=O) groups excluding carboxylic acids is 2. The summed E-state index contributed by atoms with van der Waals surface area (Å²) in [4.78, 5) is 22.4. The third-order valence-electron chi connectivity index (χ3n) is 8.21. The van der Waals surface area contributed by atoms with Crippen molar-refractivity contribution in [3.63, 3.8) is 0 Å². The fourth-order valence-corrected chi connectivity index (χ4v) is 5.78. The Balaban J connectivity index is 3.06. The zero-order valence-electron chi connectivity index (χ0n) is 28.2. The monoisotopic (exact) mass is 604 g/mol. The van der Waals surface area contributed by atoms with Gasteiger partial charge < -0.3 is 13.9 Å². The molecule has 1 rings (SSSR count). The molecule has 0 saturated heterocycles. The molecule has 240 valence electrons. The summed E-state index contributed by atoms with van der Waals surface area (Å²) in [5.41, 5.74) is 3.45. The van der Waals surface area contributed by atoms with Gasteiger partial charge in [0.05, 0.1) is 25.5 Å². The molecular weight excluding hydrogens is 544 g/mol. The van der Waals surface area contributed by atoms with Gasteiger partial charge in [0.1, 0.15) is 0 Å². The number of unbranched alkanes of at least 4 members (excludes halogenated alkanes) is 6. The van der Waals surface area contributed by atoms with E-state index in [1.165, 1.54) is 38.1 Å². The quantitative estimate of drug-likeness (QED) is 0.0604. The van der Waals surface area contributed by atoms with Gasteiger partial charge in [-0.15, -0.1) is 0 Å². The number of esters is 2. The molecule has 7 nitrogen and oxygen atoms in total. The van der Waals surface area contributed by atoms with Crippen molar-refractivity contribution in [2.24, 2.45) is 0 Å². The van der Waals surface area contributed by atoms with E-state index in [4.69, 9.17) is 19.0 Å². The maximum Gasteiger partial charge on any atom is 0.305 e. The fourth-order valence-electron chi connectivity index (χ4n) is 4.47. The number of rotatable bonds is 21. The Morgan fingerprint density at radius 3 is 2.38 bits per heavy atom. The number of carbonyl (C=O) groups is 2. The fraction of sp³-hybridized carbons (Fsp3) is 0.735. The average Bonchev–Trinajstić information content (AvgIpc) is 3.21. The topological polar surface area (TPSA) is 79.7 Å². The van der Waals surface area contributed by atoms with E-state index in [9.17, 15) is 9.59 Å². The van der Waals surface area contributed by atoms with Gasteiger partial charge in [0.2, 0.25) is 0 Å². The minimum Gasteiger partial charge on any atom is -0.469 e. The molecule has 0 spiro atoms. The standard InChI is InChI=1S/C34H60N2O5Si/c1-10-11-16-21-30(41-42(8,9)34(4,5)6)24-25-32-31(22-17-12-13-18-23-33(38)39-7)28(2)36(35-32)26-19-14-15-20-27-40-29(3)37/h12,17,24-25,30H,10-11,13-16,18-23,26-27H2,1-9H3. The molecule has 0 fully saturated rings. The summed E-state index contributed by atoms with van der Waals surface area (Å²) in [6.07, 6.45) is 20.4. The number of hydrogen-bond acceptors (Lipinski definition) is 6. The van der Waals surface area contributed by atoms with Crippen LogP contribution >= 0.6 is 0 Å². The maximum absolute atomic E-state index is 11.4. The van der Waals surface area contributed by atoms with Crippen molar-refractivity contribution in [1.29, 1.82) is 0 Å². The van der Waals surface area contributed by atoms with Crippen LogP contribution in [0.15, 0.2) is 18.2 Å². The highest BCUT2D eigenvalue weighted by Gasteiger charge is 2.38. The lowest BCUT2D eigenvalue weighted by molar-refractivity contribution is -0.141. The summed E-state index contributed by atoms with van der Waals surface area (Å²) in [5.74, 6) is -0.372. The highest BCUT2D eigenvalue weighted by Crippen LogP contribution is 2.38. The Morgan fingerprint density at radius 1 is 1.02 bits per heavy atom. The molecule has 42 heavy (non-hydrogen) atoms. The zero-order chi connectivity index (χ0) is 31.6. The van der Waals surface area contributed by atoms with E-state index in [2.05, 4.69) is 76.7 Å². The van der Waals surface area contributed by atoms with Crippen molar-refractivity contribution in [3.05, 3.63) is 35.2 Å². The Morgan fingerprint density at radius 2 is 1.74 bits per heavy atom. The van der Waals surface area contributed by atoms with Crippen LogP contribution in [0.3, 0.4) is 0 Å². The molecule has 1 aromatic heterocycles. The van der Waals surface area contributed by atoms with Crippen LogP contribution in [0.25, 0.3) is 6.08 Å². The minimum atomic E-state index is -1.92. The van der Waals surface area contributed by atoms with Gasteiger partial charge in [-0.3, -0.25) is 14.3 Å². The van der Waals surface area contributed by atoms with Crippen LogP contribution in [0.4, 0.5) is 0 Å². The van der Waals surface area contributed by atoms with E-state index in [1.54, 1.807) is 0 Å². The van der Waals surface area contributed by atoms with Gasteiger partial charge >= 0.3 is 11.9 Å². The summed E-state index contributed by atoms with van der Waals surface area (Å²) in [7, 11) is -0.484. The normalized spacial score (nSPS) is 13.3. The summed E-state index contributed by atoms with van der Waals surface area (Å²) in [6, 6.07) is 0. The van der Waals surface area contributed by atoms with E-state index in [0.717, 1.165) is 70.0 Å². The van der Waals surface area contributed by atoms with Crippen molar-refractivity contribution in [3.8, 4) is 0 Å². The number of aromatic nitrogens is 2. The Kier molecular flexibility index (Phi) is 17.9. The molecule has 0 radical (unpaired) electrons. The van der Waals surface area contributed by atoms with Crippen molar-refractivity contribution in [2.45, 2.75) is 149 Å². The molecule has 0 aliphatic rings. The first-order chi connectivity index (χ1) is 19.8. The molecule has 8 heteroatoms. The summed E-state index contributed by atoms with van der Waals surface area (Å²) in [5, 5.41) is 5.21. The Hall–Kier alpha value is -2.19. The Bertz CT molecular complexity index is 991. The molecule has 0 aliphatic heterocycles. The summed E-state index contributed by atoms with van der Waals surface area (Å²) >= 11 is 0. The highest BCUT2D eigenvalue weighted by molar-refractivity contribution is 6.74. The molecule has 0 N–H and O–H groups in total. The van der Waals surface area contributed by atoms with Crippen molar-refractivity contribution in [1.82, 2.24) is 9.78 Å². The van der Waals surface area contributed by atoms with Gasteiger partial charge in [0.25, 0.3) is 0 Å². The second-order valence-corrected chi connectivity index (χ2v) is 17.6. The van der Waals surface area contributed by atoms with E-state index in [-0.39, 0.29) is 23.1 Å². The average molecular weight is 605 g/mol. The number of allylic oxidation sites excluding steroid dienone is 2. The predicted octanol–water partition coefficient (Wildman–Crippen LogP) is 8.74. The van der Waals surface area contributed by atoms with Crippen LogP contribution in [-0.4, -0.2) is 49.9 Å². The molecule has 1 aromatic rings. The summed E-state index contributed by atoms with van der Waals surface area (Å²) in [6.45, 7) is 18.8. The largest absolute Gasteiger partial charge is 0.469 e. The minimum absolute atomic E-state index is 0.0850. The van der Waals surface area contributed by atoms with Crippen LogP contribution in [0, 0.1) is 6.92 Å². The van der Waals surface area contributed by atoms with E-state index >= 15 is 0 Å².